The van der Waals surface area contributed by atoms with Gasteiger partial charge in [0.1, 0.15) is 24.2 Å². The van der Waals surface area contributed by atoms with Crippen molar-refractivity contribution in [3.63, 3.8) is 0 Å². The Morgan fingerprint density at radius 2 is 1.13 bits per heavy atom. The van der Waals surface area contributed by atoms with Gasteiger partial charge in [0.05, 0.1) is 13.2 Å². The molecule has 0 aromatic heterocycles. The van der Waals surface area contributed by atoms with Crippen LogP contribution in [-0.2, 0) is 28.8 Å². The number of unbranched alkanes of at least 4 members (excludes halogenated alkanes) is 13. The fourth-order valence-electron chi connectivity index (χ4n) is 6.00. The van der Waals surface area contributed by atoms with E-state index in [1.54, 1.807) is 6.92 Å². The van der Waals surface area contributed by atoms with Gasteiger partial charge in [0.25, 0.3) is 0 Å². The van der Waals surface area contributed by atoms with Crippen molar-refractivity contribution in [1.82, 2.24) is 26.6 Å². The van der Waals surface area contributed by atoms with Gasteiger partial charge in [-0.1, -0.05) is 118 Å². The van der Waals surface area contributed by atoms with Crippen LogP contribution in [0.15, 0.2) is 0 Å². The summed E-state index contributed by atoms with van der Waals surface area (Å²) in [7, 11) is 0. The van der Waals surface area contributed by atoms with Crippen LogP contribution in [0.1, 0.15) is 157 Å². The lowest BCUT2D eigenvalue weighted by atomic mass is 9.96. The minimum absolute atomic E-state index is 0.0219. The van der Waals surface area contributed by atoms with Gasteiger partial charge in [-0.25, -0.2) is 0 Å². The van der Waals surface area contributed by atoms with Crippen LogP contribution in [0.3, 0.4) is 0 Å². The Kier molecular flexibility index (Phi) is 29.2. The maximum Gasteiger partial charge on any atom is 0.245 e. The number of aliphatic hydroxyl groups excluding tert-OH is 1. The van der Waals surface area contributed by atoms with E-state index in [1.807, 2.05) is 20.8 Å². The van der Waals surface area contributed by atoms with E-state index < -0.39 is 66.9 Å². The molecule has 0 rings (SSSR count). The third-order valence-corrected chi connectivity index (χ3v) is 9.52. The number of carbonyl (C=O) groups excluding carboxylic acids is 6. The van der Waals surface area contributed by atoms with Crippen LogP contribution < -0.4 is 38.1 Å². The second-order valence-corrected chi connectivity index (χ2v) is 14.9. The topological polar surface area (TPSA) is 235 Å². The minimum Gasteiger partial charge on any atom is -0.394 e. The largest absolute Gasteiger partial charge is 0.394 e. The molecule has 0 aliphatic rings. The predicted molar refractivity (Wildman–Crippen MR) is 209 cm³/mol. The second-order valence-electron chi connectivity index (χ2n) is 14.9. The van der Waals surface area contributed by atoms with Gasteiger partial charge >= 0.3 is 0 Å². The Morgan fingerprint density at radius 1 is 0.604 bits per heavy atom. The highest BCUT2D eigenvalue weighted by atomic mass is 16.3. The second kappa shape index (κ2) is 31.1. The molecule has 0 aromatic carbocycles. The van der Waals surface area contributed by atoms with E-state index in [0.29, 0.717) is 38.6 Å². The van der Waals surface area contributed by atoms with Gasteiger partial charge in [-0.2, -0.15) is 0 Å². The zero-order chi connectivity index (χ0) is 40.0. The first kappa shape index (κ1) is 49.7. The number of amides is 6. The molecule has 0 aromatic rings. The number of carbonyl (C=O) groups is 6. The maximum atomic E-state index is 13.5. The summed E-state index contributed by atoms with van der Waals surface area (Å²) in [5.74, 6) is -3.92. The molecule has 0 aliphatic heterocycles. The summed E-state index contributed by atoms with van der Waals surface area (Å²) in [5.41, 5.74) is 10.9. The third-order valence-electron chi connectivity index (χ3n) is 9.52. The monoisotopic (exact) mass is 754 g/mol. The molecule has 5 atom stereocenters. The molecule has 0 saturated heterocycles. The summed E-state index contributed by atoms with van der Waals surface area (Å²) < 4.78 is 0. The summed E-state index contributed by atoms with van der Waals surface area (Å²) in [6.45, 7) is 8.97. The standard InChI is InChI=1S/C39H75N7O7/c1-6-8-9-10-11-12-13-14-15-16-17-18-19-23-33(48)44-32(27-47)38(52)45-31(25-28(3)4)37(51)46-35(29(5)7-2)39(53)42-26-34(49)43-30(36(41)50)22-20-21-24-40/h28-32,35,47H,6-27,40H2,1-5H3,(H2,41,50)(H,42,53)(H,43,49)(H,44,48)(H,45,52)(H,46,51)/t29-,30-,31-,32-,35-/m0/s1. The zero-order valence-corrected chi connectivity index (χ0v) is 33.6. The maximum absolute atomic E-state index is 13.5. The fourth-order valence-corrected chi connectivity index (χ4v) is 6.00. The lowest BCUT2D eigenvalue weighted by Crippen LogP contribution is -2.59. The molecular formula is C39H75N7O7. The van der Waals surface area contributed by atoms with Crippen LogP contribution >= 0.6 is 0 Å². The normalized spacial score (nSPS) is 14.0. The van der Waals surface area contributed by atoms with E-state index in [1.165, 1.54) is 57.8 Å². The van der Waals surface area contributed by atoms with E-state index in [-0.39, 0.29) is 30.6 Å². The predicted octanol–water partition coefficient (Wildman–Crippen LogP) is 3.22. The molecule has 10 N–H and O–H groups in total. The van der Waals surface area contributed by atoms with Gasteiger partial charge in [0.2, 0.25) is 35.4 Å². The van der Waals surface area contributed by atoms with Crippen molar-refractivity contribution in [2.75, 3.05) is 19.7 Å². The minimum atomic E-state index is -1.24. The molecule has 14 nitrogen and oxygen atoms in total. The van der Waals surface area contributed by atoms with E-state index in [9.17, 15) is 33.9 Å². The van der Waals surface area contributed by atoms with E-state index >= 15 is 0 Å². The smallest absolute Gasteiger partial charge is 0.245 e. The van der Waals surface area contributed by atoms with Crippen LogP contribution in [0.25, 0.3) is 0 Å². The average Bonchev–Trinajstić information content (AvgIpc) is 3.12. The molecule has 308 valence electrons. The van der Waals surface area contributed by atoms with Gasteiger partial charge in [-0.3, -0.25) is 28.8 Å². The first-order chi connectivity index (χ1) is 25.3. The Balaban J connectivity index is 5.00. The molecule has 53 heavy (non-hydrogen) atoms. The highest BCUT2D eigenvalue weighted by molar-refractivity contribution is 5.95. The summed E-state index contributed by atoms with van der Waals surface area (Å²) in [6.07, 6.45) is 18.0. The van der Waals surface area contributed by atoms with Crippen LogP contribution in [0, 0.1) is 11.8 Å². The fraction of sp³-hybridized carbons (Fsp3) is 0.846. The van der Waals surface area contributed by atoms with Crippen LogP contribution in [0.4, 0.5) is 0 Å². The molecule has 0 spiro atoms. The Hall–Kier alpha value is -3.26. The van der Waals surface area contributed by atoms with E-state index in [4.69, 9.17) is 11.5 Å². The van der Waals surface area contributed by atoms with Crippen molar-refractivity contribution < 1.29 is 33.9 Å². The number of nitrogens with two attached hydrogens (primary N) is 2. The van der Waals surface area contributed by atoms with E-state index in [0.717, 1.165) is 19.3 Å². The Bertz CT molecular complexity index is 1060. The van der Waals surface area contributed by atoms with Crippen molar-refractivity contribution >= 4 is 35.4 Å². The van der Waals surface area contributed by atoms with Gasteiger partial charge in [0.15, 0.2) is 0 Å². The lowest BCUT2D eigenvalue weighted by molar-refractivity contribution is -0.135. The third kappa shape index (κ3) is 24.6. The Labute approximate surface area is 319 Å². The quantitative estimate of drug-likeness (QED) is 0.0463. The molecular weight excluding hydrogens is 678 g/mol. The van der Waals surface area contributed by atoms with E-state index in [2.05, 4.69) is 33.5 Å². The number of hydrogen-bond acceptors (Lipinski definition) is 8. The van der Waals surface area contributed by atoms with Crippen molar-refractivity contribution in [3.8, 4) is 0 Å². The molecule has 0 aliphatic carbocycles. The molecule has 0 bridgehead atoms. The number of rotatable bonds is 33. The van der Waals surface area contributed by atoms with Crippen LogP contribution in [-0.4, -0.2) is 84.4 Å². The summed E-state index contributed by atoms with van der Waals surface area (Å²) >= 11 is 0. The van der Waals surface area contributed by atoms with Gasteiger partial charge in [0, 0.05) is 6.42 Å². The Morgan fingerprint density at radius 3 is 1.62 bits per heavy atom. The number of hydrogen-bond donors (Lipinski definition) is 8. The highest BCUT2D eigenvalue weighted by Crippen LogP contribution is 2.14. The van der Waals surface area contributed by atoms with Crippen molar-refractivity contribution in [2.24, 2.45) is 23.3 Å². The lowest BCUT2D eigenvalue weighted by Gasteiger charge is -2.28. The SMILES string of the molecule is CCCCCCCCCCCCCCCC(=O)N[C@@H](CO)C(=O)N[C@@H](CC(C)C)C(=O)N[C@H](C(=O)NCC(=O)N[C@@H](CCCCN)C(N)=O)[C@@H](C)CC. The molecule has 0 fully saturated rings. The summed E-state index contributed by atoms with van der Waals surface area (Å²) in [5, 5.41) is 22.9. The van der Waals surface area contributed by atoms with Gasteiger partial charge in [-0.15, -0.1) is 0 Å². The first-order valence-electron chi connectivity index (χ1n) is 20.4. The molecule has 0 radical (unpaired) electrons. The average molecular weight is 754 g/mol. The number of primary amides is 1. The summed E-state index contributed by atoms with van der Waals surface area (Å²) in [6, 6.07) is -4.22. The van der Waals surface area contributed by atoms with Crippen molar-refractivity contribution in [2.45, 2.75) is 181 Å². The van der Waals surface area contributed by atoms with Crippen molar-refractivity contribution in [1.29, 1.82) is 0 Å². The van der Waals surface area contributed by atoms with Crippen LogP contribution in [0.5, 0.6) is 0 Å². The molecule has 0 saturated carbocycles. The van der Waals surface area contributed by atoms with Gasteiger partial charge < -0.3 is 43.2 Å². The molecule has 14 heteroatoms. The molecule has 6 amide bonds. The van der Waals surface area contributed by atoms with Crippen LogP contribution in [0.2, 0.25) is 0 Å². The number of nitrogens with one attached hydrogen (secondary N) is 5. The van der Waals surface area contributed by atoms with Gasteiger partial charge in [-0.05, 0) is 50.5 Å². The molecule has 0 unspecified atom stereocenters. The zero-order valence-electron chi connectivity index (χ0n) is 33.6. The first-order valence-corrected chi connectivity index (χ1v) is 20.4. The molecule has 0 heterocycles. The number of aliphatic hydroxyl groups is 1. The summed E-state index contributed by atoms with van der Waals surface area (Å²) in [4.78, 5) is 76.8. The van der Waals surface area contributed by atoms with Crippen molar-refractivity contribution in [3.05, 3.63) is 0 Å². The highest BCUT2D eigenvalue weighted by Gasteiger charge is 2.32.